The van der Waals surface area contributed by atoms with E-state index in [1.807, 2.05) is 25.1 Å². The molecule has 1 aromatic carbocycles. The van der Waals surface area contributed by atoms with Gasteiger partial charge in [-0.3, -0.25) is 0 Å². The van der Waals surface area contributed by atoms with Crippen LogP contribution in [0.3, 0.4) is 0 Å². The van der Waals surface area contributed by atoms with Crippen LogP contribution in [0.2, 0.25) is 5.02 Å². The predicted molar refractivity (Wildman–Crippen MR) is 79.9 cm³/mol. The van der Waals surface area contributed by atoms with Crippen molar-refractivity contribution in [1.29, 1.82) is 0 Å². The van der Waals surface area contributed by atoms with Gasteiger partial charge in [-0.25, -0.2) is 0 Å². The summed E-state index contributed by atoms with van der Waals surface area (Å²) in [6.07, 6.45) is 2.54. The van der Waals surface area contributed by atoms with Crippen LogP contribution in [0.1, 0.15) is 25.3 Å². The van der Waals surface area contributed by atoms with Crippen molar-refractivity contribution in [3.05, 3.63) is 28.8 Å². The summed E-state index contributed by atoms with van der Waals surface area (Å²) < 4.78 is 5.63. The van der Waals surface area contributed by atoms with Crippen molar-refractivity contribution >= 4 is 11.6 Å². The summed E-state index contributed by atoms with van der Waals surface area (Å²) in [5, 5.41) is 7.66. The van der Waals surface area contributed by atoms with Crippen molar-refractivity contribution in [3.63, 3.8) is 0 Å². The zero-order valence-corrected chi connectivity index (χ0v) is 12.3. The molecular formula is C15H23ClN2O. The van der Waals surface area contributed by atoms with Crippen LogP contribution in [0, 0.1) is 5.92 Å². The number of rotatable bonds is 6. The van der Waals surface area contributed by atoms with Gasteiger partial charge in [0.05, 0.1) is 6.61 Å². The lowest BCUT2D eigenvalue weighted by Crippen LogP contribution is -2.33. The molecule has 2 rings (SSSR count). The largest absolute Gasteiger partial charge is 0.493 e. The second kappa shape index (κ2) is 7.73. The van der Waals surface area contributed by atoms with E-state index >= 15 is 0 Å². The molecule has 2 N–H and O–H groups in total. The quantitative estimate of drug-likeness (QED) is 0.842. The van der Waals surface area contributed by atoms with E-state index in [2.05, 4.69) is 10.6 Å². The van der Waals surface area contributed by atoms with Crippen LogP contribution >= 0.6 is 11.6 Å². The Labute approximate surface area is 120 Å². The third-order valence-electron chi connectivity index (χ3n) is 3.54. The minimum atomic E-state index is 0.668. The molecular weight excluding hydrogens is 260 g/mol. The second-order valence-electron chi connectivity index (χ2n) is 5.01. The van der Waals surface area contributed by atoms with Crippen LogP contribution < -0.4 is 15.4 Å². The van der Waals surface area contributed by atoms with Gasteiger partial charge in [0.1, 0.15) is 5.75 Å². The number of benzene rings is 1. The Morgan fingerprint density at radius 1 is 1.37 bits per heavy atom. The topological polar surface area (TPSA) is 33.3 Å². The average molecular weight is 283 g/mol. The fraction of sp³-hybridized carbons (Fsp3) is 0.600. The molecule has 1 fully saturated rings. The van der Waals surface area contributed by atoms with E-state index in [4.69, 9.17) is 16.3 Å². The van der Waals surface area contributed by atoms with Gasteiger partial charge in [0.15, 0.2) is 0 Å². The summed E-state index contributed by atoms with van der Waals surface area (Å²) in [6, 6.07) is 5.86. The molecule has 0 bridgehead atoms. The molecule has 0 amide bonds. The van der Waals surface area contributed by atoms with Crippen LogP contribution in [0.15, 0.2) is 18.2 Å². The Morgan fingerprint density at radius 2 is 2.16 bits per heavy atom. The van der Waals surface area contributed by atoms with Crippen LogP contribution in [-0.2, 0) is 6.54 Å². The maximum Gasteiger partial charge on any atom is 0.125 e. The van der Waals surface area contributed by atoms with Gasteiger partial charge in [-0.15, -0.1) is 0 Å². The monoisotopic (exact) mass is 282 g/mol. The fourth-order valence-corrected chi connectivity index (χ4v) is 2.62. The smallest absolute Gasteiger partial charge is 0.125 e. The van der Waals surface area contributed by atoms with E-state index in [-0.39, 0.29) is 0 Å². The van der Waals surface area contributed by atoms with Crippen molar-refractivity contribution < 1.29 is 4.74 Å². The molecule has 1 aliphatic rings. The van der Waals surface area contributed by atoms with Gasteiger partial charge in [-0.2, -0.15) is 0 Å². The predicted octanol–water partition coefficient (Wildman–Crippen LogP) is 2.83. The number of hydrogen-bond acceptors (Lipinski definition) is 3. The highest BCUT2D eigenvalue weighted by atomic mass is 35.5. The fourth-order valence-electron chi connectivity index (χ4n) is 2.46. The van der Waals surface area contributed by atoms with Gasteiger partial charge in [0.25, 0.3) is 0 Å². The molecule has 0 unspecified atom stereocenters. The third kappa shape index (κ3) is 4.68. The number of nitrogens with one attached hydrogen (secondary N) is 2. The second-order valence-corrected chi connectivity index (χ2v) is 5.45. The summed E-state index contributed by atoms with van der Waals surface area (Å²) in [4.78, 5) is 0. The Bertz CT molecular complexity index is 392. The molecule has 0 spiro atoms. The highest BCUT2D eigenvalue weighted by Crippen LogP contribution is 2.23. The Morgan fingerprint density at radius 3 is 2.89 bits per heavy atom. The molecule has 0 aromatic heterocycles. The van der Waals surface area contributed by atoms with Crippen molar-refractivity contribution in [1.82, 2.24) is 10.6 Å². The number of halogens is 1. The van der Waals surface area contributed by atoms with E-state index in [0.717, 1.165) is 42.9 Å². The summed E-state index contributed by atoms with van der Waals surface area (Å²) in [6.45, 7) is 6.88. The van der Waals surface area contributed by atoms with E-state index in [1.165, 1.54) is 18.4 Å². The molecule has 4 heteroatoms. The molecule has 106 valence electrons. The number of piperidine rings is 1. The highest BCUT2D eigenvalue weighted by Gasteiger charge is 2.12. The third-order valence-corrected chi connectivity index (χ3v) is 3.77. The maximum absolute atomic E-state index is 6.00. The lowest BCUT2D eigenvalue weighted by atomic mass is 9.98. The van der Waals surface area contributed by atoms with Gasteiger partial charge >= 0.3 is 0 Å². The molecule has 0 aliphatic carbocycles. The zero-order chi connectivity index (χ0) is 13.5. The molecule has 1 aromatic rings. The summed E-state index contributed by atoms with van der Waals surface area (Å²) >= 11 is 6.00. The van der Waals surface area contributed by atoms with E-state index in [0.29, 0.717) is 6.61 Å². The Kier molecular flexibility index (Phi) is 5.95. The number of hydrogen-bond donors (Lipinski definition) is 2. The van der Waals surface area contributed by atoms with E-state index < -0.39 is 0 Å². The van der Waals surface area contributed by atoms with Gasteiger partial charge < -0.3 is 15.4 Å². The SMILES string of the molecule is CCOc1cc(Cl)ccc1CNCC1CCNCC1. The summed E-state index contributed by atoms with van der Waals surface area (Å²) in [5.41, 5.74) is 1.18. The van der Waals surface area contributed by atoms with Crippen LogP contribution in [0.4, 0.5) is 0 Å². The van der Waals surface area contributed by atoms with Gasteiger partial charge in [0.2, 0.25) is 0 Å². The van der Waals surface area contributed by atoms with Crippen LogP contribution in [-0.4, -0.2) is 26.2 Å². The number of ether oxygens (including phenoxy) is 1. The lowest BCUT2D eigenvalue weighted by Gasteiger charge is -2.23. The Hall–Kier alpha value is -0.770. The highest BCUT2D eigenvalue weighted by molar-refractivity contribution is 6.30. The molecule has 3 nitrogen and oxygen atoms in total. The zero-order valence-electron chi connectivity index (χ0n) is 11.5. The van der Waals surface area contributed by atoms with Crippen LogP contribution in [0.5, 0.6) is 5.75 Å². The van der Waals surface area contributed by atoms with Gasteiger partial charge in [-0.1, -0.05) is 17.7 Å². The minimum Gasteiger partial charge on any atom is -0.493 e. The van der Waals surface area contributed by atoms with E-state index in [1.54, 1.807) is 0 Å². The molecule has 1 aliphatic heterocycles. The van der Waals surface area contributed by atoms with Crippen molar-refractivity contribution in [2.45, 2.75) is 26.3 Å². The summed E-state index contributed by atoms with van der Waals surface area (Å²) in [7, 11) is 0. The first kappa shape index (κ1) is 14.6. The molecule has 0 radical (unpaired) electrons. The maximum atomic E-state index is 6.00. The average Bonchev–Trinajstić information content (AvgIpc) is 2.43. The first-order valence-corrected chi connectivity index (χ1v) is 7.50. The van der Waals surface area contributed by atoms with Gasteiger partial charge in [-0.05, 0) is 57.5 Å². The minimum absolute atomic E-state index is 0.668. The molecule has 1 heterocycles. The normalized spacial score (nSPS) is 16.5. The summed E-state index contributed by atoms with van der Waals surface area (Å²) in [5.74, 6) is 1.69. The molecule has 19 heavy (non-hydrogen) atoms. The van der Waals surface area contributed by atoms with Crippen LogP contribution in [0.25, 0.3) is 0 Å². The molecule has 0 saturated carbocycles. The molecule has 1 saturated heterocycles. The van der Waals surface area contributed by atoms with Crippen molar-refractivity contribution in [2.75, 3.05) is 26.2 Å². The van der Waals surface area contributed by atoms with Crippen molar-refractivity contribution in [3.8, 4) is 5.75 Å². The van der Waals surface area contributed by atoms with E-state index in [9.17, 15) is 0 Å². The lowest BCUT2D eigenvalue weighted by molar-refractivity contribution is 0.331. The first-order valence-electron chi connectivity index (χ1n) is 7.12. The first-order chi connectivity index (χ1) is 9.29. The van der Waals surface area contributed by atoms with Gasteiger partial charge in [0, 0.05) is 17.1 Å². The van der Waals surface area contributed by atoms with Crippen molar-refractivity contribution in [2.24, 2.45) is 5.92 Å². The molecule has 0 atom stereocenters. The Balaban J connectivity index is 1.84. The standard InChI is InChI=1S/C15H23ClN2O/c1-2-19-15-9-14(16)4-3-13(15)11-18-10-12-5-7-17-8-6-12/h3-4,9,12,17-18H,2,5-8,10-11H2,1H3.